The molecular weight excluding hydrogens is 498 g/mol. The van der Waals surface area contributed by atoms with Crippen LogP contribution in [0.1, 0.15) is 58.1 Å². The van der Waals surface area contributed by atoms with E-state index in [1.165, 1.54) is 20.0 Å². The summed E-state index contributed by atoms with van der Waals surface area (Å²) < 4.78 is 10.7. The lowest BCUT2D eigenvalue weighted by atomic mass is 9.84. The zero-order chi connectivity index (χ0) is 27.7. The largest absolute Gasteiger partial charge is 0.467 e. The van der Waals surface area contributed by atoms with E-state index in [4.69, 9.17) is 14.5 Å². The first kappa shape index (κ1) is 27.0. The fourth-order valence-corrected chi connectivity index (χ4v) is 5.96. The molecule has 210 valence electrons. The van der Waals surface area contributed by atoms with Crippen LogP contribution in [0.25, 0.3) is 0 Å². The highest BCUT2D eigenvalue weighted by Gasteiger charge is 2.47. The Hall–Kier alpha value is -3.63. The number of likely N-dealkylation sites (N-methyl/N-ethyl adjacent to an activating group) is 1. The van der Waals surface area contributed by atoms with Crippen LogP contribution in [0.15, 0.2) is 24.5 Å². The molecule has 4 heterocycles. The van der Waals surface area contributed by atoms with Crippen LogP contribution >= 0.6 is 0 Å². The van der Waals surface area contributed by atoms with E-state index >= 15 is 0 Å². The zero-order valence-electron chi connectivity index (χ0n) is 23.5. The molecule has 5 rings (SSSR count). The standard InChI is InChI=1S/C28H39N7O4/c1-28(2,3)39-27(37)35-14-12-34(13-15-35)19-10-11-21(29-16-19)31-26-30-17-20-23(32-26)22(18-8-6-7-9-18)24(33(20)4)25(36)38-5/h10-11,16-18,22,24H,6-9,12-15H2,1-5H3,(H,29,30,31,32). The number of fused-ring (bicyclic) bond motifs is 1. The molecular formula is C28H39N7O4. The number of nitrogens with one attached hydrogen (secondary N) is 1. The summed E-state index contributed by atoms with van der Waals surface area (Å²) in [6.07, 6.45) is 7.87. The molecule has 0 spiro atoms. The number of carbonyl (C=O) groups is 2. The molecule has 11 nitrogen and oxygen atoms in total. The molecule has 1 saturated carbocycles. The second-order valence-corrected chi connectivity index (χ2v) is 11.6. The Balaban J connectivity index is 1.25. The molecule has 1 saturated heterocycles. The van der Waals surface area contributed by atoms with Gasteiger partial charge in [0.15, 0.2) is 0 Å². The number of rotatable bonds is 5. The maximum atomic E-state index is 12.7. The van der Waals surface area contributed by atoms with E-state index in [0.29, 0.717) is 43.9 Å². The normalized spacial score (nSPS) is 21.6. The third-order valence-corrected chi connectivity index (χ3v) is 7.89. The van der Waals surface area contributed by atoms with Crippen molar-refractivity contribution in [1.82, 2.24) is 19.9 Å². The number of hydrogen-bond donors (Lipinski definition) is 1. The fourth-order valence-electron chi connectivity index (χ4n) is 5.96. The van der Waals surface area contributed by atoms with Gasteiger partial charge in [-0.25, -0.2) is 24.5 Å². The quantitative estimate of drug-likeness (QED) is 0.563. The van der Waals surface area contributed by atoms with Crippen LogP contribution in [-0.2, 0) is 14.3 Å². The van der Waals surface area contributed by atoms with Crippen LogP contribution < -0.4 is 15.1 Å². The van der Waals surface area contributed by atoms with E-state index in [1.807, 2.05) is 51.0 Å². The average Bonchev–Trinajstić information content (AvgIpc) is 3.54. The van der Waals surface area contributed by atoms with Gasteiger partial charge in [-0.1, -0.05) is 12.8 Å². The van der Waals surface area contributed by atoms with Gasteiger partial charge in [-0.15, -0.1) is 0 Å². The third kappa shape index (κ3) is 5.72. The summed E-state index contributed by atoms with van der Waals surface area (Å²) in [5.74, 6) is 1.25. The molecule has 2 aromatic rings. The van der Waals surface area contributed by atoms with E-state index in [9.17, 15) is 9.59 Å². The van der Waals surface area contributed by atoms with Crippen molar-refractivity contribution < 1.29 is 19.1 Å². The molecule has 1 N–H and O–H groups in total. The lowest BCUT2D eigenvalue weighted by molar-refractivity contribution is -0.142. The first-order valence-electron chi connectivity index (χ1n) is 13.8. The van der Waals surface area contributed by atoms with Gasteiger partial charge in [-0.3, -0.25) is 0 Å². The van der Waals surface area contributed by atoms with Crippen LogP contribution in [0.2, 0.25) is 0 Å². The number of carbonyl (C=O) groups excluding carboxylic acids is 2. The van der Waals surface area contributed by atoms with Gasteiger partial charge in [0.25, 0.3) is 0 Å². The van der Waals surface area contributed by atoms with Gasteiger partial charge < -0.3 is 29.5 Å². The van der Waals surface area contributed by atoms with Gasteiger partial charge in [0.2, 0.25) is 5.95 Å². The van der Waals surface area contributed by atoms with E-state index in [0.717, 1.165) is 29.9 Å². The van der Waals surface area contributed by atoms with Crippen molar-refractivity contribution in [2.24, 2.45) is 5.92 Å². The third-order valence-electron chi connectivity index (χ3n) is 7.89. The van der Waals surface area contributed by atoms with Crippen molar-refractivity contribution in [3.05, 3.63) is 30.2 Å². The van der Waals surface area contributed by atoms with Crippen LogP contribution in [0.3, 0.4) is 0 Å². The molecule has 2 unspecified atom stereocenters. The summed E-state index contributed by atoms with van der Waals surface area (Å²) >= 11 is 0. The van der Waals surface area contributed by atoms with Crippen LogP contribution in [-0.4, -0.2) is 83.9 Å². The second kappa shape index (κ2) is 10.9. The zero-order valence-corrected chi connectivity index (χ0v) is 23.5. The number of anilines is 4. The molecule has 2 fully saturated rings. The first-order valence-corrected chi connectivity index (χ1v) is 13.8. The number of nitrogens with zero attached hydrogens (tertiary/aromatic N) is 6. The minimum atomic E-state index is -0.500. The molecule has 1 amide bonds. The smallest absolute Gasteiger partial charge is 0.410 e. The number of pyridine rings is 1. The Morgan fingerprint density at radius 2 is 1.74 bits per heavy atom. The minimum Gasteiger partial charge on any atom is -0.467 e. The predicted octanol–water partition coefficient (Wildman–Crippen LogP) is 3.94. The highest BCUT2D eigenvalue weighted by atomic mass is 16.6. The maximum absolute atomic E-state index is 12.7. The Labute approximate surface area is 229 Å². The van der Waals surface area contributed by atoms with Crippen LogP contribution in [0, 0.1) is 5.92 Å². The molecule has 0 radical (unpaired) electrons. The van der Waals surface area contributed by atoms with Crippen LogP contribution in [0.4, 0.5) is 27.9 Å². The molecule has 3 aliphatic rings. The lowest BCUT2D eigenvalue weighted by Gasteiger charge is -2.36. The van der Waals surface area contributed by atoms with Gasteiger partial charge in [-0.05, 0) is 51.7 Å². The number of hydrogen-bond acceptors (Lipinski definition) is 10. The van der Waals surface area contributed by atoms with Gasteiger partial charge in [0.1, 0.15) is 17.5 Å². The molecule has 2 atom stereocenters. The predicted molar refractivity (Wildman–Crippen MR) is 148 cm³/mol. The van der Waals surface area contributed by atoms with E-state index < -0.39 is 5.60 Å². The van der Waals surface area contributed by atoms with Gasteiger partial charge in [0.05, 0.1) is 36.6 Å². The SMILES string of the molecule is COC(=O)C1C(C2CCCC2)c2nc(Nc3ccc(N4CCN(C(=O)OC(C)(C)C)CC4)cn3)ncc2N1C. The highest BCUT2D eigenvalue weighted by molar-refractivity contribution is 5.85. The summed E-state index contributed by atoms with van der Waals surface area (Å²) in [6.45, 7) is 8.24. The van der Waals surface area contributed by atoms with Crippen LogP contribution in [0.5, 0.6) is 0 Å². The van der Waals surface area contributed by atoms with Crippen molar-refractivity contribution in [3.8, 4) is 0 Å². The molecule has 39 heavy (non-hydrogen) atoms. The van der Waals surface area contributed by atoms with Crippen molar-refractivity contribution in [3.63, 3.8) is 0 Å². The molecule has 2 aliphatic heterocycles. The lowest BCUT2D eigenvalue weighted by Crippen LogP contribution is -2.50. The average molecular weight is 538 g/mol. The van der Waals surface area contributed by atoms with Gasteiger partial charge in [0, 0.05) is 39.1 Å². The van der Waals surface area contributed by atoms with Gasteiger partial charge >= 0.3 is 12.1 Å². The highest BCUT2D eigenvalue weighted by Crippen LogP contribution is 2.48. The molecule has 0 bridgehead atoms. The topological polar surface area (TPSA) is 113 Å². The summed E-state index contributed by atoms with van der Waals surface area (Å²) in [5, 5.41) is 3.24. The summed E-state index contributed by atoms with van der Waals surface area (Å²) in [6, 6.07) is 3.53. The van der Waals surface area contributed by atoms with Gasteiger partial charge in [-0.2, -0.15) is 0 Å². The molecule has 2 aromatic heterocycles. The molecule has 11 heteroatoms. The number of esters is 1. The Morgan fingerprint density at radius 1 is 1.03 bits per heavy atom. The Bertz CT molecular complexity index is 1190. The molecule has 0 aromatic carbocycles. The summed E-state index contributed by atoms with van der Waals surface area (Å²) in [4.78, 5) is 45.0. The number of amides is 1. The Morgan fingerprint density at radius 3 is 2.36 bits per heavy atom. The van der Waals surface area contributed by atoms with Crippen molar-refractivity contribution in [2.75, 3.05) is 55.5 Å². The van der Waals surface area contributed by atoms with Crippen molar-refractivity contribution >= 4 is 35.2 Å². The monoisotopic (exact) mass is 537 g/mol. The number of ether oxygens (including phenoxy) is 2. The summed E-state index contributed by atoms with van der Waals surface area (Å²) in [5.41, 5.74) is 2.27. The number of methoxy groups -OCH3 is 1. The number of piperazine rings is 1. The van der Waals surface area contributed by atoms with E-state index in [-0.39, 0.29) is 24.0 Å². The number of aromatic nitrogens is 3. The van der Waals surface area contributed by atoms with E-state index in [1.54, 1.807) is 11.1 Å². The second-order valence-electron chi connectivity index (χ2n) is 11.6. The first-order chi connectivity index (χ1) is 18.6. The minimum absolute atomic E-state index is 0.0156. The van der Waals surface area contributed by atoms with Crippen molar-refractivity contribution in [1.29, 1.82) is 0 Å². The fraction of sp³-hybridized carbons (Fsp3) is 0.607. The van der Waals surface area contributed by atoms with Crippen molar-refractivity contribution in [2.45, 2.75) is 64.0 Å². The molecule has 1 aliphatic carbocycles. The maximum Gasteiger partial charge on any atom is 0.410 e. The van der Waals surface area contributed by atoms with E-state index in [2.05, 4.69) is 20.2 Å². The summed E-state index contributed by atoms with van der Waals surface area (Å²) in [7, 11) is 3.36. The Kier molecular flexibility index (Phi) is 7.51.